The first kappa shape index (κ1) is 34.3. The average Bonchev–Trinajstić information content (AvgIpc) is 3.90. The van der Waals surface area contributed by atoms with Gasteiger partial charge in [0.05, 0.1) is 16.9 Å². The highest BCUT2D eigenvalue weighted by atomic mass is 32.1. The Morgan fingerprint density at radius 3 is 1.85 bits per heavy atom. The van der Waals surface area contributed by atoms with Crippen LogP contribution in [0.3, 0.4) is 0 Å². The van der Waals surface area contributed by atoms with Crippen LogP contribution in [-0.2, 0) is 0 Å². The minimum atomic E-state index is 0.678. The standard InChI is InChI=1S/C55H33N3OS/c1-2-10-36(11-3-1)48-33-49(58-55(57-48)38-25-21-34(22-26-38)40-14-8-16-47-43(40)15-9-31-56-47)37-23-19-35(20-24-37)41-28-29-42(54-53(41)45-13-4-6-17-50(45)59-54)39-27-30-52-46(32-39)44-12-5-7-18-51(44)60-52/h1-33H. The van der Waals surface area contributed by atoms with Crippen molar-refractivity contribution in [3.8, 4) is 67.3 Å². The molecule has 0 fully saturated rings. The summed E-state index contributed by atoms with van der Waals surface area (Å²) in [5.41, 5.74) is 14.2. The fourth-order valence-electron chi connectivity index (χ4n) is 8.65. The van der Waals surface area contributed by atoms with E-state index in [4.69, 9.17) is 14.4 Å². The number of hydrogen-bond donors (Lipinski definition) is 0. The smallest absolute Gasteiger partial charge is 0.160 e. The molecule has 60 heavy (non-hydrogen) atoms. The normalized spacial score (nSPS) is 11.7. The molecule has 5 heteroatoms. The molecule has 0 bridgehead atoms. The summed E-state index contributed by atoms with van der Waals surface area (Å²) in [7, 11) is 0. The zero-order chi connectivity index (χ0) is 39.6. The average molecular weight is 784 g/mol. The van der Waals surface area contributed by atoms with Gasteiger partial charge in [-0.3, -0.25) is 4.98 Å². The van der Waals surface area contributed by atoms with Crippen molar-refractivity contribution in [3.63, 3.8) is 0 Å². The van der Waals surface area contributed by atoms with Gasteiger partial charge in [0.2, 0.25) is 0 Å². The summed E-state index contributed by atoms with van der Waals surface area (Å²) in [6.45, 7) is 0. The monoisotopic (exact) mass is 783 g/mol. The highest BCUT2D eigenvalue weighted by Crippen LogP contribution is 2.44. The van der Waals surface area contributed by atoms with Crippen LogP contribution in [0.4, 0.5) is 0 Å². The van der Waals surface area contributed by atoms with Crippen LogP contribution in [-0.4, -0.2) is 15.0 Å². The van der Waals surface area contributed by atoms with Crippen molar-refractivity contribution < 1.29 is 4.42 Å². The number of benzene rings is 8. The lowest BCUT2D eigenvalue weighted by atomic mass is 9.93. The molecule has 0 atom stereocenters. The maximum atomic E-state index is 6.72. The van der Waals surface area contributed by atoms with Crippen LogP contribution < -0.4 is 0 Å². The van der Waals surface area contributed by atoms with Crippen LogP contribution in [0.25, 0.3) is 120 Å². The SMILES string of the molecule is c1ccc(-c2cc(-c3ccc(-c4ccc(-c5ccc6sc7ccccc7c6c5)c5oc6ccccc6c45)cc3)nc(-c3ccc(-c4cccc5ncccc45)cc3)n2)cc1. The Morgan fingerprint density at radius 2 is 1.02 bits per heavy atom. The molecule has 0 aliphatic carbocycles. The summed E-state index contributed by atoms with van der Waals surface area (Å²) in [5.74, 6) is 0.678. The molecule has 280 valence electrons. The predicted molar refractivity (Wildman–Crippen MR) is 250 cm³/mol. The van der Waals surface area contributed by atoms with Crippen LogP contribution in [0.15, 0.2) is 205 Å². The molecule has 0 N–H and O–H groups in total. The molecule has 0 amide bonds. The summed E-state index contributed by atoms with van der Waals surface area (Å²) in [6, 6.07) is 68.3. The Hall–Kier alpha value is -7.73. The van der Waals surface area contributed by atoms with Crippen LogP contribution >= 0.6 is 11.3 Å². The second-order valence-electron chi connectivity index (χ2n) is 15.1. The first-order valence-electron chi connectivity index (χ1n) is 20.1. The third-order valence-electron chi connectivity index (χ3n) is 11.6. The van der Waals surface area contributed by atoms with Gasteiger partial charge in [-0.15, -0.1) is 11.3 Å². The van der Waals surface area contributed by atoms with Crippen molar-refractivity contribution in [3.05, 3.63) is 200 Å². The van der Waals surface area contributed by atoms with Crippen molar-refractivity contribution in [1.82, 2.24) is 15.0 Å². The number of fused-ring (bicyclic) bond motifs is 7. The number of rotatable bonds is 6. The van der Waals surface area contributed by atoms with E-state index in [0.29, 0.717) is 5.82 Å². The molecule has 0 saturated carbocycles. The first-order chi connectivity index (χ1) is 29.7. The molecule has 0 spiro atoms. The van der Waals surface area contributed by atoms with E-state index < -0.39 is 0 Å². The highest BCUT2D eigenvalue weighted by molar-refractivity contribution is 7.25. The van der Waals surface area contributed by atoms with Gasteiger partial charge in [0, 0.05) is 64.8 Å². The lowest BCUT2D eigenvalue weighted by Crippen LogP contribution is -1.96. The quantitative estimate of drug-likeness (QED) is 0.169. The Balaban J connectivity index is 0.943. The number of pyridine rings is 1. The van der Waals surface area contributed by atoms with E-state index in [1.54, 1.807) is 0 Å². The molecule has 4 nitrogen and oxygen atoms in total. The number of nitrogens with zero attached hydrogens (tertiary/aromatic N) is 3. The second kappa shape index (κ2) is 14.0. The van der Waals surface area contributed by atoms with E-state index in [0.717, 1.165) is 94.3 Å². The molecule has 0 saturated heterocycles. The molecule has 0 aliphatic rings. The van der Waals surface area contributed by atoms with Crippen molar-refractivity contribution in [2.45, 2.75) is 0 Å². The van der Waals surface area contributed by atoms with Crippen molar-refractivity contribution in [1.29, 1.82) is 0 Å². The van der Waals surface area contributed by atoms with Crippen LogP contribution in [0.5, 0.6) is 0 Å². The lowest BCUT2D eigenvalue weighted by molar-refractivity contribution is 0.670. The first-order valence-corrected chi connectivity index (χ1v) is 20.9. The van der Waals surface area contributed by atoms with Crippen LogP contribution in [0.1, 0.15) is 0 Å². The summed E-state index contributed by atoms with van der Waals surface area (Å²) in [6.07, 6.45) is 1.84. The Morgan fingerprint density at radius 1 is 0.383 bits per heavy atom. The van der Waals surface area contributed by atoms with Gasteiger partial charge in [0.25, 0.3) is 0 Å². The number of furan rings is 1. The van der Waals surface area contributed by atoms with Gasteiger partial charge in [-0.2, -0.15) is 0 Å². The highest BCUT2D eigenvalue weighted by Gasteiger charge is 2.19. The van der Waals surface area contributed by atoms with Gasteiger partial charge < -0.3 is 4.42 Å². The van der Waals surface area contributed by atoms with Gasteiger partial charge in [-0.05, 0) is 76.3 Å². The molecular formula is C55H33N3OS. The summed E-state index contributed by atoms with van der Waals surface area (Å²) >= 11 is 1.84. The maximum absolute atomic E-state index is 6.72. The fraction of sp³-hybridized carbons (Fsp3) is 0. The Kier molecular flexibility index (Phi) is 8.00. The van der Waals surface area contributed by atoms with Crippen molar-refractivity contribution >= 4 is 64.4 Å². The van der Waals surface area contributed by atoms with Gasteiger partial charge >= 0.3 is 0 Å². The molecule has 0 aliphatic heterocycles. The number of hydrogen-bond acceptors (Lipinski definition) is 5. The molecule has 8 aromatic carbocycles. The van der Waals surface area contributed by atoms with E-state index in [9.17, 15) is 0 Å². The topological polar surface area (TPSA) is 51.8 Å². The van der Waals surface area contributed by atoms with Gasteiger partial charge in [0.1, 0.15) is 11.2 Å². The molecular weight excluding hydrogens is 751 g/mol. The zero-order valence-electron chi connectivity index (χ0n) is 32.2. The van der Waals surface area contributed by atoms with E-state index in [2.05, 4.69) is 169 Å². The summed E-state index contributed by atoms with van der Waals surface area (Å²) < 4.78 is 9.31. The summed E-state index contributed by atoms with van der Waals surface area (Å²) in [4.78, 5) is 14.8. The number of aromatic nitrogens is 3. The summed E-state index contributed by atoms with van der Waals surface area (Å²) in [5, 5.41) is 5.91. The lowest BCUT2D eigenvalue weighted by Gasteiger charge is -2.12. The van der Waals surface area contributed by atoms with Gasteiger partial charge in [-0.25, -0.2) is 9.97 Å². The van der Waals surface area contributed by atoms with E-state index in [1.807, 2.05) is 47.9 Å². The number of para-hydroxylation sites is 1. The van der Waals surface area contributed by atoms with E-state index in [1.165, 1.54) is 20.2 Å². The van der Waals surface area contributed by atoms with Crippen molar-refractivity contribution in [2.75, 3.05) is 0 Å². The van der Waals surface area contributed by atoms with Gasteiger partial charge in [-0.1, -0.05) is 146 Å². The molecule has 12 rings (SSSR count). The Bertz CT molecular complexity index is 3580. The molecule has 4 heterocycles. The predicted octanol–water partition coefficient (Wildman–Crippen LogP) is 15.3. The fourth-order valence-corrected chi connectivity index (χ4v) is 9.73. The Labute approximate surface area is 349 Å². The minimum absolute atomic E-state index is 0.678. The molecule has 0 radical (unpaired) electrons. The van der Waals surface area contributed by atoms with Gasteiger partial charge in [0.15, 0.2) is 5.82 Å². The molecule has 12 aromatic rings. The third-order valence-corrected chi connectivity index (χ3v) is 12.8. The number of thiophene rings is 1. The van der Waals surface area contributed by atoms with E-state index in [-0.39, 0.29) is 0 Å². The maximum Gasteiger partial charge on any atom is 0.160 e. The van der Waals surface area contributed by atoms with Crippen LogP contribution in [0.2, 0.25) is 0 Å². The second-order valence-corrected chi connectivity index (χ2v) is 16.2. The third kappa shape index (κ3) is 5.78. The van der Waals surface area contributed by atoms with E-state index >= 15 is 0 Å². The van der Waals surface area contributed by atoms with Crippen molar-refractivity contribution in [2.24, 2.45) is 0 Å². The largest absolute Gasteiger partial charge is 0.455 e. The minimum Gasteiger partial charge on any atom is -0.455 e. The van der Waals surface area contributed by atoms with Crippen LogP contribution in [0, 0.1) is 0 Å². The zero-order valence-corrected chi connectivity index (χ0v) is 33.0. The molecule has 0 unspecified atom stereocenters. The molecule has 4 aromatic heterocycles.